The van der Waals surface area contributed by atoms with E-state index in [2.05, 4.69) is 44.8 Å². The normalized spacial score (nSPS) is 28.2. The van der Waals surface area contributed by atoms with Crippen LogP contribution in [0.1, 0.15) is 47.8 Å². The maximum atomic E-state index is 3.72. The molecular weight excluding hydrogens is 304 g/mol. The molecule has 1 aromatic rings. The summed E-state index contributed by atoms with van der Waals surface area (Å²) in [4.78, 5) is 0. The molecule has 0 nitrogen and oxygen atoms in total. The molecule has 2 aliphatic rings. The fourth-order valence-electron chi connectivity index (χ4n) is 3.24. The molecule has 0 radical (unpaired) electrons. The van der Waals surface area contributed by atoms with Crippen LogP contribution in [0.15, 0.2) is 15.0 Å². The van der Waals surface area contributed by atoms with Crippen LogP contribution in [-0.4, -0.2) is 0 Å². The van der Waals surface area contributed by atoms with Gasteiger partial charge in [-0.15, -0.1) is 0 Å². The van der Waals surface area contributed by atoms with Gasteiger partial charge in [0, 0.05) is 8.95 Å². The van der Waals surface area contributed by atoms with E-state index in [4.69, 9.17) is 0 Å². The van der Waals surface area contributed by atoms with Crippen molar-refractivity contribution in [1.29, 1.82) is 0 Å². The van der Waals surface area contributed by atoms with Crippen molar-refractivity contribution in [2.24, 2.45) is 0 Å². The number of benzene rings is 1. The summed E-state index contributed by atoms with van der Waals surface area (Å²) in [5, 5.41) is 0. The van der Waals surface area contributed by atoms with Gasteiger partial charge in [0.15, 0.2) is 0 Å². The molecule has 14 heavy (non-hydrogen) atoms. The predicted molar refractivity (Wildman–Crippen MR) is 65.9 cm³/mol. The molecular formula is C12H12Br2. The van der Waals surface area contributed by atoms with Gasteiger partial charge in [-0.05, 0) is 92.6 Å². The van der Waals surface area contributed by atoms with Gasteiger partial charge >= 0.3 is 0 Å². The number of rotatable bonds is 0. The van der Waals surface area contributed by atoms with Crippen molar-refractivity contribution in [3.63, 3.8) is 0 Å². The van der Waals surface area contributed by atoms with Crippen molar-refractivity contribution in [3.8, 4) is 0 Å². The van der Waals surface area contributed by atoms with Crippen LogP contribution < -0.4 is 0 Å². The third-order valence-corrected chi connectivity index (χ3v) is 5.77. The summed E-state index contributed by atoms with van der Waals surface area (Å²) in [5.74, 6) is 1.69. The summed E-state index contributed by atoms with van der Waals surface area (Å²) < 4.78 is 2.53. The van der Waals surface area contributed by atoms with Crippen molar-refractivity contribution in [3.05, 3.63) is 31.7 Å². The van der Waals surface area contributed by atoms with E-state index < -0.39 is 0 Å². The van der Waals surface area contributed by atoms with Crippen LogP contribution in [0, 0.1) is 6.92 Å². The van der Waals surface area contributed by atoms with E-state index in [1.807, 2.05) is 0 Å². The van der Waals surface area contributed by atoms with Crippen molar-refractivity contribution < 1.29 is 0 Å². The van der Waals surface area contributed by atoms with E-state index in [0.29, 0.717) is 0 Å². The molecule has 1 saturated carbocycles. The van der Waals surface area contributed by atoms with Gasteiger partial charge in [0.2, 0.25) is 0 Å². The molecule has 0 N–H and O–H groups in total. The zero-order chi connectivity index (χ0) is 9.87. The van der Waals surface area contributed by atoms with Gasteiger partial charge in [0.05, 0.1) is 0 Å². The van der Waals surface area contributed by atoms with E-state index in [1.165, 1.54) is 33.8 Å². The Labute approximate surface area is 101 Å². The van der Waals surface area contributed by atoms with Crippen LogP contribution in [-0.2, 0) is 0 Å². The lowest BCUT2D eigenvalue weighted by Crippen LogP contribution is -2.02. The lowest BCUT2D eigenvalue weighted by atomic mass is 9.89. The first-order valence-electron chi connectivity index (χ1n) is 5.17. The van der Waals surface area contributed by atoms with Crippen LogP contribution in [0.3, 0.4) is 0 Å². The van der Waals surface area contributed by atoms with Gasteiger partial charge in [-0.2, -0.15) is 0 Å². The highest BCUT2D eigenvalue weighted by molar-refractivity contribution is 9.13. The fraction of sp³-hybridized carbons (Fsp3) is 0.500. The molecule has 74 valence electrons. The maximum Gasteiger partial charge on any atom is 0.0355 e. The minimum atomic E-state index is 0.834. The average Bonchev–Trinajstić information content (AvgIpc) is 2.73. The van der Waals surface area contributed by atoms with Gasteiger partial charge in [-0.3, -0.25) is 0 Å². The lowest BCUT2D eigenvalue weighted by Gasteiger charge is -2.20. The fourth-order valence-corrected chi connectivity index (χ4v) is 4.45. The third kappa shape index (κ3) is 1.10. The molecule has 0 unspecified atom stereocenters. The molecule has 2 heteroatoms. The molecule has 3 rings (SSSR count). The summed E-state index contributed by atoms with van der Waals surface area (Å²) in [6.45, 7) is 2.25. The van der Waals surface area contributed by atoms with E-state index in [0.717, 1.165) is 11.8 Å². The van der Waals surface area contributed by atoms with Gasteiger partial charge in [0.25, 0.3) is 0 Å². The Bertz CT molecular complexity index is 409. The van der Waals surface area contributed by atoms with Crippen LogP contribution in [0.25, 0.3) is 0 Å². The molecule has 2 atom stereocenters. The van der Waals surface area contributed by atoms with Crippen molar-refractivity contribution in [2.45, 2.75) is 38.0 Å². The number of halogens is 2. The van der Waals surface area contributed by atoms with E-state index >= 15 is 0 Å². The van der Waals surface area contributed by atoms with Crippen LogP contribution >= 0.6 is 31.9 Å². The van der Waals surface area contributed by atoms with Gasteiger partial charge in [-0.25, -0.2) is 0 Å². The first-order valence-corrected chi connectivity index (χ1v) is 6.75. The SMILES string of the molecule is Cc1cc(Br)c(Br)c2c1[C@H]1CC[C@H]2C1. The monoisotopic (exact) mass is 314 g/mol. The van der Waals surface area contributed by atoms with Crippen LogP contribution in [0.4, 0.5) is 0 Å². The first kappa shape index (κ1) is 9.41. The molecule has 2 bridgehead atoms. The molecule has 0 saturated heterocycles. The zero-order valence-corrected chi connectivity index (χ0v) is 11.3. The highest BCUT2D eigenvalue weighted by Gasteiger charge is 2.39. The Hall–Kier alpha value is 0.180. The van der Waals surface area contributed by atoms with E-state index in [1.54, 1.807) is 11.1 Å². The summed E-state index contributed by atoms with van der Waals surface area (Å²) >= 11 is 7.34. The van der Waals surface area contributed by atoms with Crippen molar-refractivity contribution >= 4 is 31.9 Å². The summed E-state index contributed by atoms with van der Waals surface area (Å²) in [7, 11) is 0. The summed E-state index contributed by atoms with van der Waals surface area (Å²) in [6, 6.07) is 2.25. The molecule has 2 aliphatic carbocycles. The maximum absolute atomic E-state index is 3.72. The minimum Gasteiger partial charge on any atom is -0.0496 e. The van der Waals surface area contributed by atoms with E-state index in [9.17, 15) is 0 Å². The molecule has 0 heterocycles. The molecule has 0 spiro atoms. The van der Waals surface area contributed by atoms with E-state index in [-0.39, 0.29) is 0 Å². The second kappa shape index (κ2) is 3.08. The molecule has 0 aromatic heterocycles. The van der Waals surface area contributed by atoms with Crippen LogP contribution in [0.5, 0.6) is 0 Å². The summed E-state index contributed by atoms with van der Waals surface area (Å²) in [5.41, 5.74) is 4.73. The number of hydrogen-bond acceptors (Lipinski definition) is 0. The Kier molecular flexibility index (Phi) is 2.07. The second-order valence-electron chi connectivity index (χ2n) is 4.52. The molecule has 0 amide bonds. The van der Waals surface area contributed by atoms with Gasteiger partial charge < -0.3 is 0 Å². The average molecular weight is 316 g/mol. The lowest BCUT2D eigenvalue weighted by molar-refractivity contribution is 0.710. The van der Waals surface area contributed by atoms with Crippen molar-refractivity contribution in [2.75, 3.05) is 0 Å². The molecule has 0 aliphatic heterocycles. The highest BCUT2D eigenvalue weighted by atomic mass is 79.9. The Balaban J connectivity index is 2.32. The van der Waals surface area contributed by atoms with Crippen molar-refractivity contribution in [1.82, 2.24) is 0 Å². The largest absolute Gasteiger partial charge is 0.0496 e. The summed E-state index contributed by atoms with van der Waals surface area (Å²) in [6.07, 6.45) is 4.20. The Morgan fingerprint density at radius 1 is 1.14 bits per heavy atom. The first-order chi connectivity index (χ1) is 6.68. The predicted octanol–water partition coefficient (Wildman–Crippen LogP) is 4.88. The smallest absolute Gasteiger partial charge is 0.0355 e. The minimum absolute atomic E-state index is 0.834. The van der Waals surface area contributed by atoms with Gasteiger partial charge in [0.1, 0.15) is 0 Å². The number of hydrogen-bond donors (Lipinski definition) is 0. The van der Waals surface area contributed by atoms with Gasteiger partial charge in [-0.1, -0.05) is 0 Å². The number of fused-ring (bicyclic) bond motifs is 5. The highest BCUT2D eigenvalue weighted by Crippen LogP contribution is 2.57. The topological polar surface area (TPSA) is 0 Å². The quantitative estimate of drug-likeness (QED) is 0.639. The zero-order valence-electron chi connectivity index (χ0n) is 8.11. The standard InChI is InChI=1S/C12H12Br2/c1-6-4-9(13)12(14)11-8-3-2-7(5-8)10(6)11/h4,7-8H,2-3,5H2,1H3/t7-,8-/m0/s1. The third-order valence-electron chi connectivity index (χ3n) is 3.75. The van der Waals surface area contributed by atoms with Crippen LogP contribution in [0.2, 0.25) is 0 Å². The molecule has 1 fully saturated rings. The molecule has 1 aromatic carbocycles. The Morgan fingerprint density at radius 3 is 2.50 bits per heavy atom. The Morgan fingerprint density at radius 2 is 1.79 bits per heavy atom. The number of aryl methyl sites for hydroxylation is 1. The second-order valence-corrected chi connectivity index (χ2v) is 6.17.